The van der Waals surface area contributed by atoms with Crippen LogP contribution in [-0.2, 0) is 0 Å². The highest BCUT2D eigenvalue weighted by molar-refractivity contribution is 7.25. The first kappa shape index (κ1) is 21.0. The topological polar surface area (TPSA) is 82.3 Å². The third-order valence-electron chi connectivity index (χ3n) is 6.82. The average Bonchev–Trinajstić information content (AvgIpc) is 3.51. The van der Waals surface area contributed by atoms with E-state index in [1.165, 1.54) is 32.8 Å². The lowest BCUT2D eigenvalue weighted by Gasteiger charge is -2.09. The van der Waals surface area contributed by atoms with Crippen molar-refractivity contribution in [2.75, 3.05) is 0 Å². The molecule has 0 aliphatic rings. The predicted octanol–water partition coefficient (Wildman–Crippen LogP) is 6.86. The van der Waals surface area contributed by atoms with Crippen LogP contribution < -0.4 is 0 Å². The number of rotatable bonds is 3. The smallest absolute Gasteiger partial charge is 0.164 e. The van der Waals surface area contributed by atoms with Crippen molar-refractivity contribution in [2.24, 2.45) is 0 Å². The van der Waals surface area contributed by atoms with Crippen molar-refractivity contribution in [3.63, 3.8) is 0 Å². The second kappa shape index (κ2) is 8.22. The molecule has 8 heteroatoms. The van der Waals surface area contributed by atoms with Gasteiger partial charge in [-0.3, -0.25) is 14.5 Å². The number of nitrogens with zero attached hydrogens (tertiary/aromatic N) is 7. The maximum atomic E-state index is 4.91. The Morgan fingerprint density at radius 1 is 0.579 bits per heavy atom. The van der Waals surface area contributed by atoms with Crippen LogP contribution in [0, 0.1) is 0 Å². The minimum atomic E-state index is 0.582. The summed E-state index contributed by atoms with van der Waals surface area (Å²) in [6, 6.07) is 23.2. The van der Waals surface area contributed by atoms with Crippen molar-refractivity contribution in [2.45, 2.75) is 0 Å². The maximum absolute atomic E-state index is 4.91. The van der Waals surface area contributed by atoms with Crippen LogP contribution in [0.3, 0.4) is 0 Å². The van der Waals surface area contributed by atoms with E-state index in [9.17, 15) is 0 Å². The third kappa shape index (κ3) is 3.21. The van der Waals surface area contributed by atoms with Gasteiger partial charge < -0.3 is 0 Å². The van der Waals surface area contributed by atoms with E-state index in [-0.39, 0.29) is 0 Å². The SMILES string of the molecule is c1cncc(-c2ccc(-n3c4cc5sc6ccccc6c5cc4c4ncc(-c5ncncn5)cc43)nc2)c1. The molecule has 0 saturated heterocycles. The molecule has 0 amide bonds. The molecule has 0 bridgehead atoms. The molecule has 6 heterocycles. The maximum Gasteiger partial charge on any atom is 0.164 e. The van der Waals surface area contributed by atoms with Crippen molar-refractivity contribution in [3.8, 4) is 28.3 Å². The summed E-state index contributed by atoms with van der Waals surface area (Å²) in [6.07, 6.45) is 10.3. The van der Waals surface area contributed by atoms with E-state index in [0.29, 0.717) is 5.82 Å². The second-order valence-electron chi connectivity index (χ2n) is 9.00. The molecule has 8 rings (SSSR count). The Morgan fingerprint density at radius 3 is 2.29 bits per heavy atom. The predicted molar refractivity (Wildman–Crippen MR) is 151 cm³/mol. The number of fused-ring (bicyclic) bond motifs is 6. The number of aromatic nitrogens is 7. The number of hydrogen-bond donors (Lipinski definition) is 0. The molecule has 0 saturated carbocycles. The van der Waals surface area contributed by atoms with Crippen molar-refractivity contribution < 1.29 is 0 Å². The summed E-state index contributed by atoms with van der Waals surface area (Å²) in [5.74, 6) is 1.39. The van der Waals surface area contributed by atoms with Crippen molar-refractivity contribution >= 4 is 53.4 Å². The van der Waals surface area contributed by atoms with Crippen LogP contribution in [-0.4, -0.2) is 34.5 Å². The summed E-state index contributed by atoms with van der Waals surface area (Å²) in [5.41, 5.74) is 5.77. The Kier molecular flexibility index (Phi) is 4.55. The van der Waals surface area contributed by atoms with Gasteiger partial charge in [-0.1, -0.05) is 24.3 Å². The van der Waals surface area contributed by atoms with Crippen LogP contribution in [0.15, 0.2) is 104 Å². The van der Waals surface area contributed by atoms with E-state index in [1.807, 2.05) is 36.8 Å². The molecule has 178 valence electrons. The van der Waals surface area contributed by atoms with Gasteiger partial charge in [-0.15, -0.1) is 11.3 Å². The van der Waals surface area contributed by atoms with Crippen molar-refractivity contribution in [3.05, 3.63) is 104 Å². The molecule has 7 nitrogen and oxygen atoms in total. The van der Waals surface area contributed by atoms with E-state index in [4.69, 9.17) is 9.97 Å². The molecule has 8 aromatic rings. The van der Waals surface area contributed by atoms with Gasteiger partial charge in [0.15, 0.2) is 5.82 Å². The van der Waals surface area contributed by atoms with Crippen molar-refractivity contribution in [1.29, 1.82) is 0 Å². The summed E-state index contributed by atoms with van der Waals surface area (Å²) in [5, 5.41) is 3.58. The molecular formula is C30H17N7S. The second-order valence-corrected chi connectivity index (χ2v) is 10.1. The molecule has 2 aromatic carbocycles. The largest absolute Gasteiger partial charge is 0.292 e. The van der Waals surface area contributed by atoms with E-state index in [0.717, 1.165) is 44.4 Å². The lowest BCUT2D eigenvalue weighted by molar-refractivity contribution is 1.05. The Hall–Kier alpha value is -5.08. The van der Waals surface area contributed by atoms with Gasteiger partial charge in [0.25, 0.3) is 0 Å². The normalized spacial score (nSPS) is 11.7. The average molecular weight is 508 g/mol. The van der Waals surface area contributed by atoms with Crippen LogP contribution in [0.2, 0.25) is 0 Å². The van der Waals surface area contributed by atoms with Crippen LogP contribution >= 0.6 is 11.3 Å². The zero-order chi connectivity index (χ0) is 25.1. The fraction of sp³-hybridized carbons (Fsp3) is 0. The molecule has 0 N–H and O–H groups in total. The van der Waals surface area contributed by atoms with Gasteiger partial charge in [0.1, 0.15) is 18.5 Å². The Morgan fingerprint density at radius 2 is 1.45 bits per heavy atom. The van der Waals surface area contributed by atoms with Crippen LogP contribution in [0.1, 0.15) is 0 Å². The molecule has 38 heavy (non-hydrogen) atoms. The van der Waals surface area contributed by atoms with E-state index in [1.54, 1.807) is 17.5 Å². The van der Waals surface area contributed by atoms with Gasteiger partial charge in [-0.2, -0.15) is 0 Å². The molecule has 0 aliphatic carbocycles. The van der Waals surface area contributed by atoms with Gasteiger partial charge >= 0.3 is 0 Å². The Labute approximate surface area is 220 Å². The number of hydrogen-bond acceptors (Lipinski definition) is 7. The first-order chi connectivity index (χ1) is 18.8. The number of benzene rings is 2. The number of thiophene rings is 1. The first-order valence-corrected chi connectivity index (χ1v) is 12.9. The standard InChI is InChI=1S/C30H17N7S/c1-2-6-26-21(5-1)22-11-23-24(12-27(22)38-26)37(28-8-7-19(14-33-28)18-4-3-9-31-13-18)25-10-20(15-34-29(23)25)30-35-16-32-17-36-30/h1-17H. The summed E-state index contributed by atoms with van der Waals surface area (Å²) in [6.45, 7) is 0. The summed E-state index contributed by atoms with van der Waals surface area (Å²) < 4.78 is 4.68. The van der Waals surface area contributed by atoms with Crippen LogP contribution in [0.5, 0.6) is 0 Å². The zero-order valence-electron chi connectivity index (χ0n) is 19.9. The molecule has 0 radical (unpaired) electrons. The van der Waals surface area contributed by atoms with Gasteiger partial charge in [-0.25, -0.2) is 19.9 Å². The van der Waals surface area contributed by atoms with Crippen LogP contribution in [0.4, 0.5) is 0 Å². The molecule has 0 unspecified atom stereocenters. The zero-order valence-corrected chi connectivity index (χ0v) is 20.7. The third-order valence-corrected chi connectivity index (χ3v) is 7.96. The van der Waals surface area contributed by atoms with Gasteiger partial charge in [0.2, 0.25) is 0 Å². The molecule has 0 fully saturated rings. The molecule has 6 aromatic heterocycles. The molecular weight excluding hydrogens is 490 g/mol. The lowest BCUT2D eigenvalue weighted by atomic mass is 10.1. The fourth-order valence-electron chi connectivity index (χ4n) is 5.08. The Bertz CT molecular complexity index is 2120. The van der Waals surface area contributed by atoms with E-state index < -0.39 is 0 Å². The molecule has 0 aliphatic heterocycles. The molecule has 0 spiro atoms. The molecule has 0 atom stereocenters. The minimum absolute atomic E-state index is 0.582. The summed E-state index contributed by atoms with van der Waals surface area (Å²) >= 11 is 1.80. The van der Waals surface area contributed by atoms with Gasteiger partial charge in [-0.05, 0) is 42.5 Å². The highest BCUT2D eigenvalue weighted by atomic mass is 32.1. The summed E-state index contributed by atoms with van der Waals surface area (Å²) in [7, 11) is 0. The Balaban J connectivity index is 1.42. The lowest BCUT2D eigenvalue weighted by Crippen LogP contribution is -1.98. The highest BCUT2D eigenvalue weighted by Crippen LogP contribution is 2.40. The summed E-state index contributed by atoms with van der Waals surface area (Å²) in [4.78, 5) is 26.7. The fourth-order valence-corrected chi connectivity index (χ4v) is 6.20. The minimum Gasteiger partial charge on any atom is -0.292 e. The quantitative estimate of drug-likeness (QED) is 0.260. The monoisotopic (exact) mass is 507 g/mol. The number of pyridine rings is 3. The van der Waals surface area contributed by atoms with Gasteiger partial charge in [0, 0.05) is 67.0 Å². The van der Waals surface area contributed by atoms with E-state index in [2.05, 4.69) is 73.0 Å². The van der Waals surface area contributed by atoms with Gasteiger partial charge in [0.05, 0.1) is 16.6 Å². The van der Waals surface area contributed by atoms with E-state index >= 15 is 0 Å². The van der Waals surface area contributed by atoms with Crippen molar-refractivity contribution in [1.82, 2.24) is 34.5 Å². The first-order valence-electron chi connectivity index (χ1n) is 12.1. The highest BCUT2D eigenvalue weighted by Gasteiger charge is 2.18. The van der Waals surface area contributed by atoms with Crippen LogP contribution in [0.25, 0.3) is 70.4 Å².